The van der Waals surface area contributed by atoms with E-state index in [1.807, 2.05) is 0 Å². The molecule has 0 unspecified atom stereocenters. The number of piperidine rings is 1. The lowest BCUT2D eigenvalue weighted by atomic mass is 9.96. The molecule has 2 atom stereocenters. The highest BCUT2D eigenvalue weighted by Gasteiger charge is 2.26. The van der Waals surface area contributed by atoms with Gasteiger partial charge in [-0.2, -0.15) is 0 Å². The van der Waals surface area contributed by atoms with E-state index >= 15 is 0 Å². The van der Waals surface area contributed by atoms with Crippen molar-refractivity contribution in [3.05, 3.63) is 35.9 Å². The van der Waals surface area contributed by atoms with Gasteiger partial charge in [-0.05, 0) is 50.1 Å². The molecule has 1 amide bonds. The normalized spacial score (nSPS) is 25.3. The van der Waals surface area contributed by atoms with E-state index in [9.17, 15) is 4.79 Å². The summed E-state index contributed by atoms with van der Waals surface area (Å²) in [5.74, 6) is 0.893. The second kappa shape index (κ2) is 9.19. The van der Waals surface area contributed by atoms with Crippen molar-refractivity contribution >= 4 is 5.91 Å². The average Bonchev–Trinajstić information content (AvgIpc) is 2.66. The van der Waals surface area contributed by atoms with Crippen LogP contribution in [-0.4, -0.2) is 50.2 Å². The number of nitrogens with zero attached hydrogens (tertiary/aromatic N) is 1. The molecule has 2 fully saturated rings. The molecule has 1 aromatic rings. The van der Waals surface area contributed by atoms with Gasteiger partial charge in [0.25, 0.3) is 0 Å². The van der Waals surface area contributed by atoms with Gasteiger partial charge < -0.3 is 15.0 Å². The molecule has 0 aliphatic carbocycles. The lowest BCUT2D eigenvalue weighted by Gasteiger charge is -2.32. The molecule has 1 aromatic carbocycles. The van der Waals surface area contributed by atoms with Gasteiger partial charge in [0, 0.05) is 26.2 Å². The van der Waals surface area contributed by atoms with Crippen molar-refractivity contribution in [1.82, 2.24) is 10.2 Å². The van der Waals surface area contributed by atoms with Crippen molar-refractivity contribution in [3.63, 3.8) is 0 Å². The number of hydrogen-bond donors (Lipinski definition) is 1. The highest BCUT2D eigenvalue weighted by Crippen LogP contribution is 2.18. The molecule has 1 N–H and O–H groups in total. The molecule has 4 nitrogen and oxygen atoms in total. The third-order valence-corrected chi connectivity index (χ3v) is 5.26. The summed E-state index contributed by atoms with van der Waals surface area (Å²) in [5, 5.41) is 3.17. The second-order valence-electron chi connectivity index (χ2n) is 7.20. The van der Waals surface area contributed by atoms with E-state index in [-0.39, 0.29) is 11.8 Å². The monoisotopic (exact) mass is 330 g/mol. The summed E-state index contributed by atoms with van der Waals surface area (Å²) in [7, 11) is 0. The van der Waals surface area contributed by atoms with Crippen LogP contribution in [0.2, 0.25) is 0 Å². The Balaban J connectivity index is 1.40. The van der Waals surface area contributed by atoms with Crippen LogP contribution in [0, 0.1) is 11.8 Å². The van der Waals surface area contributed by atoms with Gasteiger partial charge in [0.1, 0.15) is 0 Å². The van der Waals surface area contributed by atoms with Crippen LogP contribution < -0.4 is 5.32 Å². The summed E-state index contributed by atoms with van der Waals surface area (Å²) >= 11 is 0. The zero-order valence-corrected chi connectivity index (χ0v) is 14.6. The molecule has 0 bridgehead atoms. The Kier molecular flexibility index (Phi) is 6.67. The van der Waals surface area contributed by atoms with Gasteiger partial charge in [-0.15, -0.1) is 0 Å². The number of amides is 1. The summed E-state index contributed by atoms with van der Waals surface area (Å²) < 4.78 is 5.49. The lowest BCUT2D eigenvalue weighted by molar-refractivity contribution is -0.127. The van der Waals surface area contributed by atoms with Crippen molar-refractivity contribution < 1.29 is 9.53 Å². The van der Waals surface area contributed by atoms with Crippen LogP contribution in [0.5, 0.6) is 0 Å². The molecule has 2 aliphatic rings. The summed E-state index contributed by atoms with van der Waals surface area (Å²) in [6.07, 6.45) is 5.51. The van der Waals surface area contributed by atoms with Gasteiger partial charge in [-0.25, -0.2) is 0 Å². The molecule has 2 saturated heterocycles. The average molecular weight is 330 g/mol. The van der Waals surface area contributed by atoms with Gasteiger partial charge in [-0.1, -0.05) is 30.3 Å². The SMILES string of the molecule is O=C(NC[C@H]1CCCOC1)[C@@H]1CCCN(CCc2ccccc2)C1. The molecule has 24 heavy (non-hydrogen) atoms. The number of carbonyl (C=O) groups excluding carboxylic acids is 1. The molecule has 0 radical (unpaired) electrons. The molecular formula is C20H30N2O2. The predicted octanol–water partition coefficient (Wildman–Crippen LogP) is 2.48. The second-order valence-corrected chi connectivity index (χ2v) is 7.20. The van der Waals surface area contributed by atoms with Crippen LogP contribution in [-0.2, 0) is 16.0 Å². The summed E-state index contributed by atoms with van der Waals surface area (Å²) in [5.41, 5.74) is 1.38. The van der Waals surface area contributed by atoms with Crippen LogP contribution in [0.25, 0.3) is 0 Å². The molecule has 3 rings (SSSR count). The predicted molar refractivity (Wildman–Crippen MR) is 95.9 cm³/mol. The van der Waals surface area contributed by atoms with Crippen molar-refractivity contribution in [1.29, 1.82) is 0 Å². The lowest BCUT2D eigenvalue weighted by Crippen LogP contribution is -2.45. The topological polar surface area (TPSA) is 41.6 Å². The van der Waals surface area contributed by atoms with Gasteiger partial charge in [0.15, 0.2) is 0 Å². The van der Waals surface area contributed by atoms with Crippen LogP contribution >= 0.6 is 0 Å². The third-order valence-electron chi connectivity index (χ3n) is 5.26. The number of likely N-dealkylation sites (tertiary alicyclic amines) is 1. The highest BCUT2D eigenvalue weighted by molar-refractivity contribution is 5.78. The zero-order valence-electron chi connectivity index (χ0n) is 14.6. The Labute approximate surface area is 145 Å². The Hall–Kier alpha value is -1.39. The van der Waals surface area contributed by atoms with Gasteiger partial charge >= 0.3 is 0 Å². The van der Waals surface area contributed by atoms with E-state index in [1.54, 1.807) is 0 Å². The molecule has 0 saturated carbocycles. The number of rotatable bonds is 6. The quantitative estimate of drug-likeness (QED) is 0.871. The maximum atomic E-state index is 12.5. The van der Waals surface area contributed by atoms with E-state index in [1.165, 1.54) is 12.0 Å². The maximum Gasteiger partial charge on any atom is 0.224 e. The summed E-state index contributed by atoms with van der Waals surface area (Å²) in [4.78, 5) is 14.9. The number of carbonyl (C=O) groups is 1. The van der Waals surface area contributed by atoms with E-state index in [0.717, 1.165) is 65.1 Å². The van der Waals surface area contributed by atoms with Gasteiger partial charge in [0.05, 0.1) is 12.5 Å². The third kappa shape index (κ3) is 5.32. The fourth-order valence-corrected chi connectivity index (χ4v) is 3.76. The van der Waals surface area contributed by atoms with Crippen molar-refractivity contribution in [2.75, 3.05) is 39.4 Å². The minimum atomic E-state index is 0.152. The zero-order chi connectivity index (χ0) is 16.6. The minimum Gasteiger partial charge on any atom is -0.381 e. The van der Waals surface area contributed by atoms with E-state index in [4.69, 9.17) is 4.74 Å². The molecule has 132 valence electrons. The van der Waals surface area contributed by atoms with E-state index < -0.39 is 0 Å². The Bertz CT molecular complexity index is 500. The van der Waals surface area contributed by atoms with E-state index in [0.29, 0.717) is 5.92 Å². The molecule has 0 spiro atoms. The summed E-state index contributed by atoms with van der Waals surface area (Å²) in [6.45, 7) is 5.52. The number of hydrogen-bond acceptors (Lipinski definition) is 3. The molecule has 0 aromatic heterocycles. The van der Waals surface area contributed by atoms with Crippen molar-refractivity contribution in [2.45, 2.75) is 32.1 Å². The fraction of sp³-hybridized carbons (Fsp3) is 0.650. The first-order valence-electron chi connectivity index (χ1n) is 9.43. The molecule has 2 heterocycles. The highest BCUT2D eigenvalue weighted by atomic mass is 16.5. The number of nitrogens with one attached hydrogen (secondary N) is 1. The standard InChI is InChI=1S/C20H30N2O2/c23-20(21-14-18-8-5-13-24-16-18)19-9-4-11-22(15-19)12-10-17-6-2-1-3-7-17/h1-3,6-7,18-19H,4-5,8-16H2,(H,21,23)/t18-,19-/m1/s1. The summed E-state index contributed by atoms with van der Waals surface area (Å²) in [6, 6.07) is 10.6. The molecular weight excluding hydrogens is 300 g/mol. The maximum absolute atomic E-state index is 12.5. The Morgan fingerprint density at radius 1 is 1.21 bits per heavy atom. The van der Waals surface area contributed by atoms with Gasteiger partial charge in [-0.3, -0.25) is 4.79 Å². The van der Waals surface area contributed by atoms with Crippen LogP contribution in [0.3, 0.4) is 0 Å². The van der Waals surface area contributed by atoms with Crippen LogP contribution in [0.15, 0.2) is 30.3 Å². The number of ether oxygens (including phenoxy) is 1. The first-order chi connectivity index (χ1) is 11.8. The minimum absolute atomic E-state index is 0.152. The van der Waals surface area contributed by atoms with Crippen molar-refractivity contribution in [3.8, 4) is 0 Å². The Morgan fingerprint density at radius 2 is 2.08 bits per heavy atom. The largest absolute Gasteiger partial charge is 0.381 e. The Morgan fingerprint density at radius 3 is 2.88 bits per heavy atom. The fourth-order valence-electron chi connectivity index (χ4n) is 3.76. The van der Waals surface area contributed by atoms with Crippen LogP contribution in [0.1, 0.15) is 31.2 Å². The van der Waals surface area contributed by atoms with E-state index in [2.05, 4.69) is 40.5 Å². The molecule has 2 aliphatic heterocycles. The number of benzene rings is 1. The molecule has 4 heteroatoms. The smallest absolute Gasteiger partial charge is 0.224 e. The van der Waals surface area contributed by atoms with Gasteiger partial charge in [0.2, 0.25) is 5.91 Å². The first kappa shape index (κ1) is 17.4. The first-order valence-corrected chi connectivity index (χ1v) is 9.43. The van der Waals surface area contributed by atoms with Crippen LogP contribution in [0.4, 0.5) is 0 Å². The van der Waals surface area contributed by atoms with Crippen molar-refractivity contribution in [2.24, 2.45) is 11.8 Å².